The molecule has 0 aliphatic heterocycles. The zero-order chi connectivity index (χ0) is 12.9. The maximum Gasteiger partial charge on any atom is 0.299 e. The maximum absolute atomic E-state index is 11.5. The smallest absolute Gasteiger partial charge is 0.299 e. The molecule has 0 aromatic heterocycles. The molecule has 0 spiro atoms. The van der Waals surface area contributed by atoms with Gasteiger partial charge in [0, 0.05) is 12.6 Å². The first-order chi connectivity index (χ1) is 7.98. The van der Waals surface area contributed by atoms with Gasteiger partial charge in [0.05, 0.1) is 12.8 Å². The van der Waals surface area contributed by atoms with E-state index < -0.39 is 10.2 Å². The Morgan fingerprint density at radius 1 is 1.41 bits per heavy atom. The van der Waals surface area contributed by atoms with Crippen LogP contribution in [0.2, 0.25) is 0 Å². The van der Waals surface area contributed by atoms with Gasteiger partial charge in [0.15, 0.2) is 0 Å². The Hall–Kier alpha value is -1.47. The molecular weight excluding hydrogens is 244 g/mol. The summed E-state index contributed by atoms with van der Waals surface area (Å²) in [5, 5.41) is 9.58. The lowest BCUT2D eigenvalue weighted by atomic mass is 10.3. The van der Waals surface area contributed by atoms with Gasteiger partial charge in [-0.1, -0.05) is 6.92 Å². The van der Waals surface area contributed by atoms with E-state index in [2.05, 4.69) is 9.44 Å². The fourth-order valence-electron chi connectivity index (χ4n) is 1.14. The van der Waals surface area contributed by atoms with Crippen molar-refractivity contribution in [3.63, 3.8) is 0 Å². The SMILES string of the molecule is CCCNS(=O)(=O)Nc1ccc(OC)cc1O. The van der Waals surface area contributed by atoms with Crippen molar-refractivity contribution in [1.82, 2.24) is 4.72 Å². The Labute approximate surface area is 101 Å². The number of methoxy groups -OCH3 is 1. The Bertz CT molecular complexity index is 473. The predicted molar refractivity (Wildman–Crippen MR) is 65.5 cm³/mol. The Balaban J connectivity index is 2.81. The van der Waals surface area contributed by atoms with Crippen molar-refractivity contribution in [2.75, 3.05) is 18.4 Å². The molecule has 3 N–H and O–H groups in total. The van der Waals surface area contributed by atoms with Crippen molar-refractivity contribution in [2.45, 2.75) is 13.3 Å². The molecule has 1 rings (SSSR count). The number of anilines is 1. The topological polar surface area (TPSA) is 87.7 Å². The average Bonchev–Trinajstić information content (AvgIpc) is 2.29. The van der Waals surface area contributed by atoms with Crippen LogP contribution in [0.5, 0.6) is 11.5 Å². The van der Waals surface area contributed by atoms with E-state index in [1.54, 1.807) is 6.07 Å². The summed E-state index contributed by atoms with van der Waals surface area (Å²) in [5.74, 6) is 0.262. The van der Waals surface area contributed by atoms with E-state index in [1.165, 1.54) is 19.2 Å². The van der Waals surface area contributed by atoms with Crippen LogP contribution in [0.3, 0.4) is 0 Å². The molecule has 0 aliphatic carbocycles. The van der Waals surface area contributed by atoms with E-state index >= 15 is 0 Å². The zero-order valence-electron chi connectivity index (χ0n) is 9.73. The van der Waals surface area contributed by atoms with Crippen molar-refractivity contribution >= 4 is 15.9 Å². The van der Waals surface area contributed by atoms with E-state index in [9.17, 15) is 13.5 Å². The summed E-state index contributed by atoms with van der Waals surface area (Å²) in [6, 6.07) is 4.31. The summed E-state index contributed by atoms with van der Waals surface area (Å²) in [6.45, 7) is 2.19. The van der Waals surface area contributed by atoms with Gasteiger partial charge >= 0.3 is 0 Å². The fourth-order valence-corrected chi connectivity index (χ4v) is 2.15. The first-order valence-electron chi connectivity index (χ1n) is 5.13. The molecule has 0 saturated carbocycles. The second-order valence-electron chi connectivity index (χ2n) is 3.38. The summed E-state index contributed by atoms with van der Waals surface area (Å²) in [4.78, 5) is 0. The first-order valence-corrected chi connectivity index (χ1v) is 6.61. The molecule has 0 atom stereocenters. The third kappa shape index (κ3) is 4.12. The molecule has 0 bridgehead atoms. The monoisotopic (exact) mass is 260 g/mol. The Morgan fingerprint density at radius 2 is 2.12 bits per heavy atom. The highest BCUT2D eigenvalue weighted by atomic mass is 32.2. The van der Waals surface area contributed by atoms with Crippen LogP contribution in [0.4, 0.5) is 5.69 Å². The molecule has 17 heavy (non-hydrogen) atoms. The molecule has 96 valence electrons. The number of rotatable bonds is 6. The molecule has 0 fully saturated rings. The quantitative estimate of drug-likeness (QED) is 0.667. The van der Waals surface area contributed by atoms with E-state index in [0.717, 1.165) is 0 Å². The standard InChI is InChI=1S/C10H16N2O4S/c1-3-6-11-17(14,15)12-9-5-4-8(16-2)7-10(9)13/h4-5,7,11-13H,3,6H2,1-2H3. The highest BCUT2D eigenvalue weighted by Crippen LogP contribution is 2.28. The molecular formula is C10H16N2O4S. The molecule has 1 aromatic rings. The summed E-state index contributed by atoms with van der Waals surface area (Å²) in [7, 11) is -2.18. The van der Waals surface area contributed by atoms with Gasteiger partial charge in [-0.05, 0) is 18.6 Å². The van der Waals surface area contributed by atoms with Crippen LogP contribution in [-0.2, 0) is 10.2 Å². The minimum absolute atomic E-state index is 0.106. The molecule has 7 heteroatoms. The van der Waals surface area contributed by atoms with Crippen LogP contribution in [0.15, 0.2) is 18.2 Å². The molecule has 1 aromatic carbocycles. The van der Waals surface area contributed by atoms with Crippen LogP contribution in [-0.4, -0.2) is 27.2 Å². The summed E-state index contributed by atoms with van der Waals surface area (Å²) >= 11 is 0. The molecule has 0 saturated heterocycles. The number of hydrogen-bond acceptors (Lipinski definition) is 4. The number of benzene rings is 1. The molecule has 0 heterocycles. The number of nitrogens with one attached hydrogen (secondary N) is 2. The normalized spacial score (nSPS) is 11.2. The summed E-state index contributed by atoms with van der Waals surface area (Å²) in [6.07, 6.45) is 0.690. The lowest BCUT2D eigenvalue weighted by molar-refractivity contribution is 0.408. The third-order valence-electron chi connectivity index (χ3n) is 1.99. The number of ether oxygens (including phenoxy) is 1. The minimum Gasteiger partial charge on any atom is -0.506 e. The van der Waals surface area contributed by atoms with Gasteiger partial charge in [0.25, 0.3) is 10.2 Å². The van der Waals surface area contributed by atoms with E-state index in [-0.39, 0.29) is 11.4 Å². The largest absolute Gasteiger partial charge is 0.506 e. The van der Waals surface area contributed by atoms with Gasteiger partial charge in [-0.2, -0.15) is 13.1 Å². The van der Waals surface area contributed by atoms with Crippen molar-refractivity contribution < 1.29 is 18.3 Å². The van der Waals surface area contributed by atoms with Gasteiger partial charge in [-0.25, -0.2) is 0 Å². The number of phenolic OH excluding ortho intramolecular Hbond substituents is 1. The van der Waals surface area contributed by atoms with Crippen LogP contribution in [0.1, 0.15) is 13.3 Å². The van der Waals surface area contributed by atoms with Crippen LogP contribution in [0.25, 0.3) is 0 Å². The second-order valence-corrected chi connectivity index (χ2v) is 4.88. The van der Waals surface area contributed by atoms with Crippen LogP contribution < -0.4 is 14.2 Å². The Morgan fingerprint density at radius 3 is 2.65 bits per heavy atom. The number of aromatic hydroxyl groups is 1. The first kappa shape index (κ1) is 13.6. The molecule has 0 radical (unpaired) electrons. The molecule has 0 aliphatic rings. The van der Waals surface area contributed by atoms with Crippen molar-refractivity contribution in [3.05, 3.63) is 18.2 Å². The van der Waals surface area contributed by atoms with E-state index in [1.807, 2.05) is 6.92 Å². The number of hydrogen-bond donors (Lipinski definition) is 3. The summed E-state index contributed by atoms with van der Waals surface area (Å²) in [5.41, 5.74) is 0.106. The second kappa shape index (κ2) is 5.74. The molecule has 6 nitrogen and oxygen atoms in total. The van der Waals surface area contributed by atoms with Crippen LogP contribution >= 0.6 is 0 Å². The van der Waals surface area contributed by atoms with E-state index in [0.29, 0.717) is 18.7 Å². The van der Waals surface area contributed by atoms with Gasteiger partial charge < -0.3 is 9.84 Å². The maximum atomic E-state index is 11.5. The van der Waals surface area contributed by atoms with Gasteiger partial charge in [0.1, 0.15) is 11.5 Å². The van der Waals surface area contributed by atoms with Crippen LogP contribution in [0, 0.1) is 0 Å². The highest BCUT2D eigenvalue weighted by Gasteiger charge is 2.11. The highest BCUT2D eigenvalue weighted by molar-refractivity contribution is 7.90. The number of phenols is 1. The summed E-state index contributed by atoms with van der Waals surface area (Å²) < 4.78 is 32.5. The van der Waals surface area contributed by atoms with Crippen molar-refractivity contribution in [2.24, 2.45) is 0 Å². The average molecular weight is 260 g/mol. The third-order valence-corrected chi connectivity index (χ3v) is 3.06. The minimum atomic E-state index is -3.64. The van der Waals surface area contributed by atoms with Gasteiger partial charge in [-0.3, -0.25) is 4.72 Å². The lowest BCUT2D eigenvalue weighted by Crippen LogP contribution is -2.30. The van der Waals surface area contributed by atoms with Crippen molar-refractivity contribution in [3.8, 4) is 11.5 Å². The van der Waals surface area contributed by atoms with Gasteiger partial charge in [0.2, 0.25) is 0 Å². The van der Waals surface area contributed by atoms with Crippen molar-refractivity contribution in [1.29, 1.82) is 0 Å². The van der Waals surface area contributed by atoms with E-state index in [4.69, 9.17) is 4.74 Å². The Kier molecular flexibility index (Phi) is 4.59. The van der Waals surface area contributed by atoms with Gasteiger partial charge in [-0.15, -0.1) is 0 Å². The lowest BCUT2D eigenvalue weighted by Gasteiger charge is -2.10. The predicted octanol–water partition coefficient (Wildman–Crippen LogP) is 1.06. The molecule has 0 unspecified atom stereocenters. The molecule has 0 amide bonds. The fraction of sp³-hybridized carbons (Fsp3) is 0.400. The zero-order valence-corrected chi connectivity index (χ0v) is 10.5.